The highest BCUT2D eigenvalue weighted by atomic mass is 35.5. The van der Waals surface area contributed by atoms with Crippen LogP contribution in [0.15, 0.2) is 24.3 Å². The third-order valence-electron chi connectivity index (χ3n) is 3.34. The van der Waals surface area contributed by atoms with Crippen LogP contribution in [0.3, 0.4) is 0 Å². The molecule has 0 unspecified atom stereocenters. The Hall–Kier alpha value is -1.10. The number of benzene rings is 1. The maximum atomic E-state index is 4.78. The molecule has 2 rings (SSSR count). The van der Waals surface area contributed by atoms with Gasteiger partial charge in [-0.05, 0) is 32.6 Å². The van der Waals surface area contributed by atoms with Crippen molar-refractivity contribution in [1.29, 1.82) is 0 Å². The average Bonchev–Trinajstić information content (AvgIpc) is 2.75. The molecule has 0 radical (unpaired) electrons. The van der Waals surface area contributed by atoms with Crippen LogP contribution >= 0.6 is 12.4 Å². The lowest BCUT2D eigenvalue weighted by Crippen LogP contribution is -2.28. The molecule has 1 aromatic heterocycles. The summed E-state index contributed by atoms with van der Waals surface area (Å²) < 4.78 is 2.35. The molecule has 1 aromatic carbocycles. The molecule has 20 heavy (non-hydrogen) atoms. The number of aromatic nitrogens is 2. The van der Waals surface area contributed by atoms with Gasteiger partial charge in [-0.15, -0.1) is 12.4 Å². The molecule has 4 nitrogen and oxygen atoms in total. The highest BCUT2D eigenvalue weighted by molar-refractivity contribution is 5.85. The van der Waals surface area contributed by atoms with Crippen LogP contribution in [0.25, 0.3) is 11.0 Å². The average molecular weight is 297 g/mol. The molecule has 112 valence electrons. The number of likely N-dealkylation sites (N-methyl/N-ethyl adjacent to an activating group) is 2. The number of aryl methyl sites for hydroxylation is 1. The van der Waals surface area contributed by atoms with E-state index in [1.165, 1.54) is 11.3 Å². The maximum Gasteiger partial charge on any atom is 0.124 e. The van der Waals surface area contributed by atoms with E-state index < -0.39 is 0 Å². The Bertz CT molecular complexity index is 524. The third kappa shape index (κ3) is 3.95. The largest absolute Gasteiger partial charge is 0.327 e. The van der Waals surface area contributed by atoms with Crippen LogP contribution < -0.4 is 5.32 Å². The Kier molecular flexibility index (Phi) is 6.99. The second-order valence-electron chi connectivity index (χ2n) is 5.01. The number of rotatable bonds is 7. The van der Waals surface area contributed by atoms with Crippen LogP contribution in [0.5, 0.6) is 0 Å². The summed E-state index contributed by atoms with van der Waals surface area (Å²) in [5, 5.41) is 3.18. The minimum Gasteiger partial charge on any atom is -0.327 e. The fraction of sp³-hybridized carbons (Fsp3) is 0.533. The molecule has 0 spiro atoms. The second-order valence-corrected chi connectivity index (χ2v) is 5.01. The molecule has 0 saturated carbocycles. The van der Waals surface area contributed by atoms with Crippen molar-refractivity contribution in [2.45, 2.75) is 26.4 Å². The van der Waals surface area contributed by atoms with Crippen LogP contribution in [-0.4, -0.2) is 41.6 Å². The number of nitrogens with zero attached hydrogens (tertiary/aromatic N) is 3. The summed E-state index contributed by atoms with van der Waals surface area (Å²) in [5.74, 6) is 1.17. The van der Waals surface area contributed by atoms with Crippen molar-refractivity contribution in [3.8, 4) is 0 Å². The Balaban J connectivity index is 0.00000200. The third-order valence-corrected chi connectivity index (χ3v) is 3.34. The first-order valence-electron chi connectivity index (χ1n) is 7.03. The fourth-order valence-electron chi connectivity index (χ4n) is 2.34. The molecule has 0 aliphatic carbocycles. The zero-order valence-electron chi connectivity index (χ0n) is 12.6. The molecular weight excluding hydrogens is 272 g/mol. The van der Waals surface area contributed by atoms with Gasteiger partial charge in [0, 0.05) is 19.6 Å². The highest BCUT2D eigenvalue weighted by Crippen LogP contribution is 2.17. The van der Waals surface area contributed by atoms with Gasteiger partial charge in [0.2, 0.25) is 0 Å². The zero-order valence-corrected chi connectivity index (χ0v) is 13.4. The Morgan fingerprint density at radius 2 is 2.05 bits per heavy atom. The number of hydrogen-bond donors (Lipinski definition) is 1. The van der Waals surface area contributed by atoms with Crippen molar-refractivity contribution in [1.82, 2.24) is 19.8 Å². The second kappa shape index (κ2) is 8.25. The SMILES string of the molecule is CCCn1c(CN(C)CCNC)nc2ccccc21.Cl. The molecule has 0 bridgehead atoms. The zero-order chi connectivity index (χ0) is 13.7. The predicted molar refractivity (Wildman–Crippen MR) is 87.5 cm³/mol. The van der Waals surface area contributed by atoms with Crippen molar-refractivity contribution >= 4 is 23.4 Å². The lowest BCUT2D eigenvalue weighted by molar-refractivity contribution is 0.314. The van der Waals surface area contributed by atoms with Crippen LogP contribution in [0.4, 0.5) is 0 Å². The highest BCUT2D eigenvalue weighted by Gasteiger charge is 2.11. The van der Waals surface area contributed by atoms with Gasteiger partial charge in [0.05, 0.1) is 17.6 Å². The standard InChI is InChI=1S/C15H24N4.ClH/c1-4-10-19-14-8-6-5-7-13(14)17-15(19)12-18(3)11-9-16-2;/h5-8,16H,4,9-12H2,1-3H3;1H. The number of halogens is 1. The molecule has 0 aliphatic heterocycles. The van der Waals surface area contributed by atoms with Gasteiger partial charge >= 0.3 is 0 Å². The van der Waals surface area contributed by atoms with Gasteiger partial charge in [0.15, 0.2) is 0 Å². The van der Waals surface area contributed by atoms with Gasteiger partial charge in [0.25, 0.3) is 0 Å². The van der Waals surface area contributed by atoms with Crippen molar-refractivity contribution in [3.05, 3.63) is 30.1 Å². The molecule has 5 heteroatoms. The maximum absolute atomic E-state index is 4.78. The van der Waals surface area contributed by atoms with E-state index in [1.54, 1.807) is 0 Å². The Morgan fingerprint density at radius 3 is 2.75 bits per heavy atom. The minimum atomic E-state index is 0. The molecule has 0 amide bonds. The fourth-order valence-corrected chi connectivity index (χ4v) is 2.34. The lowest BCUT2D eigenvalue weighted by Gasteiger charge is -2.17. The molecular formula is C15H25ClN4. The predicted octanol–water partition coefficient (Wildman–Crippen LogP) is 2.52. The van der Waals surface area contributed by atoms with Gasteiger partial charge in [-0.1, -0.05) is 19.1 Å². The van der Waals surface area contributed by atoms with Crippen LogP contribution in [0.1, 0.15) is 19.2 Å². The summed E-state index contributed by atoms with van der Waals surface area (Å²) in [7, 11) is 4.13. The summed E-state index contributed by atoms with van der Waals surface area (Å²) >= 11 is 0. The number of fused-ring (bicyclic) bond motifs is 1. The topological polar surface area (TPSA) is 33.1 Å². The van der Waals surface area contributed by atoms with E-state index >= 15 is 0 Å². The van der Waals surface area contributed by atoms with E-state index in [9.17, 15) is 0 Å². The first-order valence-corrected chi connectivity index (χ1v) is 7.03. The van der Waals surface area contributed by atoms with Crippen molar-refractivity contribution in [2.24, 2.45) is 0 Å². The minimum absolute atomic E-state index is 0. The first-order chi connectivity index (χ1) is 9.26. The van der Waals surface area contributed by atoms with E-state index in [2.05, 4.69) is 53.0 Å². The van der Waals surface area contributed by atoms with Gasteiger partial charge in [-0.25, -0.2) is 4.98 Å². The van der Waals surface area contributed by atoms with Gasteiger partial charge in [-0.2, -0.15) is 0 Å². The summed E-state index contributed by atoms with van der Waals surface area (Å²) in [6, 6.07) is 8.40. The molecule has 1 heterocycles. The molecule has 0 aliphatic rings. The monoisotopic (exact) mass is 296 g/mol. The normalized spacial score (nSPS) is 11.0. The van der Waals surface area contributed by atoms with Crippen molar-refractivity contribution in [3.63, 3.8) is 0 Å². The quantitative estimate of drug-likeness (QED) is 0.852. The Morgan fingerprint density at radius 1 is 1.30 bits per heavy atom. The Labute approximate surface area is 127 Å². The summed E-state index contributed by atoms with van der Waals surface area (Å²) in [6.07, 6.45) is 1.13. The van der Waals surface area contributed by atoms with Crippen LogP contribution in [-0.2, 0) is 13.1 Å². The molecule has 0 fully saturated rings. The number of imidazole rings is 1. The van der Waals surface area contributed by atoms with Crippen LogP contribution in [0, 0.1) is 0 Å². The van der Waals surface area contributed by atoms with E-state index in [0.29, 0.717) is 0 Å². The van der Waals surface area contributed by atoms with E-state index in [1.807, 2.05) is 7.05 Å². The number of hydrogen-bond acceptors (Lipinski definition) is 3. The van der Waals surface area contributed by atoms with E-state index in [-0.39, 0.29) is 12.4 Å². The van der Waals surface area contributed by atoms with E-state index in [0.717, 1.165) is 38.1 Å². The molecule has 0 saturated heterocycles. The summed E-state index contributed by atoms with van der Waals surface area (Å²) in [5.41, 5.74) is 2.36. The molecule has 0 atom stereocenters. The van der Waals surface area contributed by atoms with Crippen molar-refractivity contribution in [2.75, 3.05) is 27.2 Å². The molecule has 1 N–H and O–H groups in total. The summed E-state index contributed by atoms with van der Waals surface area (Å²) in [4.78, 5) is 7.09. The smallest absolute Gasteiger partial charge is 0.124 e. The number of para-hydroxylation sites is 2. The van der Waals surface area contributed by atoms with Crippen molar-refractivity contribution < 1.29 is 0 Å². The van der Waals surface area contributed by atoms with Gasteiger partial charge < -0.3 is 9.88 Å². The van der Waals surface area contributed by atoms with E-state index in [4.69, 9.17) is 4.98 Å². The first kappa shape index (κ1) is 17.0. The summed E-state index contributed by atoms with van der Waals surface area (Å²) in [6.45, 7) is 6.19. The van der Waals surface area contributed by atoms with Gasteiger partial charge in [0.1, 0.15) is 5.82 Å². The number of nitrogens with one attached hydrogen (secondary N) is 1. The molecule has 2 aromatic rings. The van der Waals surface area contributed by atoms with Gasteiger partial charge in [-0.3, -0.25) is 4.90 Å². The lowest BCUT2D eigenvalue weighted by atomic mass is 10.3. The van der Waals surface area contributed by atoms with Crippen LogP contribution in [0.2, 0.25) is 0 Å².